The summed E-state index contributed by atoms with van der Waals surface area (Å²) in [5, 5.41) is 9.71. The summed E-state index contributed by atoms with van der Waals surface area (Å²) in [5.41, 5.74) is 1.65. The number of hydrogen-bond donors (Lipinski definition) is 1. The second-order valence-electron chi connectivity index (χ2n) is 3.95. The van der Waals surface area contributed by atoms with E-state index in [-0.39, 0.29) is 0 Å². The molecule has 0 atom stereocenters. The van der Waals surface area contributed by atoms with Crippen molar-refractivity contribution in [1.82, 2.24) is 15.2 Å². The maximum atomic E-state index is 6.11. The van der Waals surface area contributed by atoms with Crippen molar-refractivity contribution in [3.63, 3.8) is 0 Å². The second kappa shape index (κ2) is 5.91. The lowest BCUT2D eigenvalue weighted by molar-refractivity contribution is 0.464. The van der Waals surface area contributed by atoms with Gasteiger partial charge in [0.15, 0.2) is 0 Å². The number of halogens is 2. The van der Waals surface area contributed by atoms with E-state index in [1.807, 2.05) is 30.3 Å². The van der Waals surface area contributed by atoms with E-state index in [1.165, 1.54) is 11.8 Å². The van der Waals surface area contributed by atoms with Crippen molar-refractivity contribution in [2.24, 2.45) is 0 Å². The summed E-state index contributed by atoms with van der Waals surface area (Å²) < 4.78 is 5.55. The number of nitrogens with zero attached hydrogens (tertiary/aromatic N) is 2. The van der Waals surface area contributed by atoms with Gasteiger partial charge >= 0.3 is 0 Å². The molecule has 0 saturated carbocycles. The Morgan fingerprint density at radius 3 is 2.60 bits per heavy atom. The van der Waals surface area contributed by atoms with Crippen LogP contribution < -0.4 is 0 Å². The van der Waals surface area contributed by atoms with Crippen molar-refractivity contribution in [2.75, 3.05) is 0 Å². The summed E-state index contributed by atoms with van der Waals surface area (Å²) >= 11 is 13.6. The van der Waals surface area contributed by atoms with Crippen LogP contribution in [0.5, 0.6) is 0 Å². The van der Waals surface area contributed by atoms with Crippen LogP contribution in [0.3, 0.4) is 0 Å². The van der Waals surface area contributed by atoms with E-state index in [0.717, 1.165) is 11.3 Å². The second-order valence-corrected chi connectivity index (χ2v) is 5.69. The first-order valence-corrected chi connectivity index (χ1v) is 7.51. The van der Waals surface area contributed by atoms with Gasteiger partial charge in [-0.1, -0.05) is 41.0 Å². The van der Waals surface area contributed by atoms with E-state index in [1.54, 1.807) is 6.20 Å². The van der Waals surface area contributed by atoms with E-state index in [4.69, 9.17) is 27.6 Å². The predicted molar refractivity (Wildman–Crippen MR) is 80.1 cm³/mol. The monoisotopic (exact) mass is 325 g/mol. The van der Waals surface area contributed by atoms with Crippen molar-refractivity contribution in [3.05, 3.63) is 52.1 Å². The molecule has 0 bridgehead atoms. The van der Waals surface area contributed by atoms with Crippen molar-refractivity contribution >= 4 is 35.0 Å². The van der Waals surface area contributed by atoms with Gasteiger partial charge < -0.3 is 9.40 Å². The molecule has 102 valence electrons. The van der Waals surface area contributed by atoms with Gasteiger partial charge in [0.2, 0.25) is 0 Å². The van der Waals surface area contributed by atoms with E-state index < -0.39 is 0 Å². The summed E-state index contributed by atoms with van der Waals surface area (Å²) in [7, 11) is 0. The zero-order chi connectivity index (χ0) is 13.9. The minimum Gasteiger partial charge on any atom is -0.410 e. The normalized spacial score (nSPS) is 10.9. The zero-order valence-electron chi connectivity index (χ0n) is 10.1. The molecule has 0 radical (unpaired) electrons. The molecule has 0 saturated heterocycles. The maximum absolute atomic E-state index is 6.11. The Bertz CT molecular complexity index is 692. The lowest BCUT2D eigenvalue weighted by atomic mass is 10.2. The fraction of sp³-hybridized carbons (Fsp3) is 0.0769. The molecule has 0 amide bonds. The summed E-state index contributed by atoms with van der Waals surface area (Å²) in [6, 6.07) is 9.17. The van der Waals surface area contributed by atoms with Gasteiger partial charge in [-0.05, 0) is 29.8 Å². The van der Waals surface area contributed by atoms with Crippen LogP contribution in [-0.2, 0) is 5.75 Å². The van der Waals surface area contributed by atoms with Crippen LogP contribution in [0.1, 0.15) is 5.56 Å². The van der Waals surface area contributed by atoms with Gasteiger partial charge in [-0.2, -0.15) is 0 Å². The molecular formula is C13H9Cl2N3OS. The standard InChI is InChI=1S/C13H9Cl2N3OS/c14-9-3-1-4-10(15)8(9)7-20-13-18-17-12(19-13)11-5-2-6-16-11/h1-6,16H,7H2. The third-order valence-electron chi connectivity index (χ3n) is 2.64. The van der Waals surface area contributed by atoms with Crippen LogP contribution in [0.15, 0.2) is 46.2 Å². The highest BCUT2D eigenvalue weighted by Gasteiger charge is 2.12. The molecule has 20 heavy (non-hydrogen) atoms. The van der Waals surface area contributed by atoms with Gasteiger partial charge in [-0.15, -0.1) is 10.2 Å². The molecule has 4 nitrogen and oxygen atoms in total. The van der Waals surface area contributed by atoms with Crippen LogP contribution >= 0.6 is 35.0 Å². The average Bonchev–Trinajstić information content (AvgIpc) is 3.09. The largest absolute Gasteiger partial charge is 0.410 e. The topological polar surface area (TPSA) is 54.7 Å². The van der Waals surface area contributed by atoms with Crippen LogP contribution in [0.4, 0.5) is 0 Å². The first-order valence-electron chi connectivity index (χ1n) is 5.77. The third kappa shape index (κ3) is 2.85. The van der Waals surface area contributed by atoms with Gasteiger partial charge in [-0.3, -0.25) is 0 Å². The Labute approximate surface area is 129 Å². The smallest absolute Gasteiger partial charge is 0.277 e. The van der Waals surface area contributed by atoms with Crippen LogP contribution in [0.2, 0.25) is 10.0 Å². The molecule has 3 aromatic rings. The lowest BCUT2D eigenvalue weighted by Gasteiger charge is -2.03. The van der Waals surface area contributed by atoms with Crippen molar-refractivity contribution in [3.8, 4) is 11.6 Å². The van der Waals surface area contributed by atoms with Gasteiger partial charge in [0.05, 0.1) is 0 Å². The van der Waals surface area contributed by atoms with E-state index >= 15 is 0 Å². The summed E-state index contributed by atoms with van der Waals surface area (Å²) in [6.07, 6.45) is 1.80. The minimum absolute atomic E-state index is 0.461. The number of rotatable bonds is 4. The zero-order valence-corrected chi connectivity index (χ0v) is 12.5. The van der Waals surface area contributed by atoms with Crippen molar-refractivity contribution in [1.29, 1.82) is 0 Å². The molecule has 7 heteroatoms. The van der Waals surface area contributed by atoms with E-state index in [9.17, 15) is 0 Å². The van der Waals surface area contributed by atoms with Crippen molar-refractivity contribution < 1.29 is 4.42 Å². The SMILES string of the molecule is Clc1cccc(Cl)c1CSc1nnc(-c2ccc[nH]2)o1. The molecule has 0 aliphatic heterocycles. The fourth-order valence-electron chi connectivity index (χ4n) is 1.64. The third-order valence-corrected chi connectivity index (χ3v) is 4.19. The molecule has 2 heterocycles. The van der Waals surface area contributed by atoms with Crippen LogP contribution in [0, 0.1) is 0 Å². The average molecular weight is 326 g/mol. The highest BCUT2D eigenvalue weighted by atomic mass is 35.5. The molecule has 0 aliphatic rings. The number of hydrogen-bond acceptors (Lipinski definition) is 4. The highest BCUT2D eigenvalue weighted by Crippen LogP contribution is 2.31. The van der Waals surface area contributed by atoms with Gasteiger partial charge in [0.25, 0.3) is 11.1 Å². The van der Waals surface area contributed by atoms with E-state index in [2.05, 4.69) is 15.2 Å². The summed E-state index contributed by atoms with van der Waals surface area (Å²) in [4.78, 5) is 3.01. The molecule has 0 spiro atoms. The van der Waals surface area contributed by atoms with Gasteiger partial charge in [0, 0.05) is 22.0 Å². The Balaban J connectivity index is 1.73. The maximum Gasteiger partial charge on any atom is 0.277 e. The Hall–Kier alpha value is -1.43. The molecule has 0 fully saturated rings. The highest BCUT2D eigenvalue weighted by molar-refractivity contribution is 7.98. The lowest BCUT2D eigenvalue weighted by Crippen LogP contribution is -1.84. The number of H-pyrrole nitrogens is 1. The Morgan fingerprint density at radius 2 is 1.90 bits per heavy atom. The first kappa shape index (κ1) is 13.5. The van der Waals surface area contributed by atoms with Gasteiger partial charge in [-0.25, -0.2) is 0 Å². The minimum atomic E-state index is 0.461. The Morgan fingerprint density at radius 1 is 1.10 bits per heavy atom. The fourth-order valence-corrected chi connectivity index (χ4v) is 3.15. The van der Waals surface area contributed by atoms with Crippen LogP contribution in [0.25, 0.3) is 11.6 Å². The van der Waals surface area contributed by atoms with Crippen molar-refractivity contribution in [2.45, 2.75) is 11.0 Å². The quantitative estimate of drug-likeness (QED) is 0.708. The number of nitrogens with one attached hydrogen (secondary N) is 1. The van der Waals surface area contributed by atoms with Gasteiger partial charge in [0.1, 0.15) is 5.69 Å². The summed E-state index contributed by atoms with van der Waals surface area (Å²) in [6.45, 7) is 0. The molecule has 0 unspecified atom stereocenters. The predicted octanol–water partition coefficient (Wildman–Crippen LogP) is 4.66. The van der Waals surface area contributed by atoms with E-state index in [0.29, 0.717) is 26.9 Å². The number of aromatic nitrogens is 3. The number of benzene rings is 1. The molecule has 2 aromatic heterocycles. The Kier molecular flexibility index (Phi) is 4.00. The molecule has 0 aliphatic carbocycles. The number of aromatic amines is 1. The molecular weight excluding hydrogens is 317 g/mol. The molecule has 1 N–H and O–H groups in total. The first-order chi connectivity index (χ1) is 9.74. The molecule has 1 aromatic carbocycles. The number of thioether (sulfide) groups is 1. The molecule has 3 rings (SSSR count). The van der Waals surface area contributed by atoms with Crippen LogP contribution in [-0.4, -0.2) is 15.2 Å². The summed E-state index contributed by atoms with van der Waals surface area (Å²) in [5.74, 6) is 1.04.